The molecule has 1 unspecified atom stereocenters. The Morgan fingerprint density at radius 3 is 3.06 bits per heavy atom. The average Bonchev–Trinajstić information content (AvgIpc) is 2.31. The zero-order chi connectivity index (χ0) is 12.0. The smallest absolute Gasteiger partial charge is 0.146 e. The highest BCUT2D eigenvalue weighted by Gasteiger charge is 2.06. The van der Waals surface area contributed by atoms with Gasteiger partial charge < -0.3 is 5.32 Å². The molecule has 0 spiro atoms. The maximum Gasteiger partial charge on any atom is 0.146 e. The van der Waals surface area contributed by atoms with Gasteiger partial charge in [0.2, 0.25) is 0 Å². The number of nitrogens with one attached hydrogen (secondary N) is 1. The highest BCUT2D eigenvalue weighted by molar-refractivity contribution is 7.99. The van der Waals surface area contributed by atoms with E-state index in [1.165, 1.54) is 0 Å². The third kappa shape index (κ3) is 3.58. The summed E-state index contributed by atoms with van der Waals surface area (Å²) in [6.45, 7) is 2.98. The summed E-state index contributed by atoms with van der Waals surface area (Å²) in [5.74, 6) is 0.592. The zero-order valence-electron chi connectivity index (χ0n) is 9.33. The van der Waals surface area contributed by atoms with Gasteiger partial charge in [0.05, 0.1) is 5.56 Å². The number of thioether (sulfide) groups is 1. The summed E-state index contributed by atoms with van der Waals surface area (Å²) in [6, 6.07) is 3.64. The third-order valence-electron chi connectivity index (χ3n) is 2.26. The van der Waals surface area contributed by atoms with Gasteiger partial charge in [0, 0.05) is 18.0 Å². The van der Waals surface area contributed by atoms with Gasteiger partial charge in [-0.2, -0.15) is 17.0 Å². The van der Waals surface area contributed by atoms with Gasteiger partial charge in [-0.1, -0.05) is 18.5 Å². The fourth-order valence-corrected chi connectivity index (χ4v) is 1.74. The summed E-state index contributed by atoms with van der Waals surface area (Å²) < 4.78 is 0. The topological polar surface area (TPSA) is 48.7 Å². The molecular weight excluding hydrogens is 242 g/mol. The van der Waals surface area contributed by atoms with Crippen molar-refractivity contribution in [1.82, 2.24) is 4.98 Å². The Bertz CT molecular complexity index is 389. The highest BCUT2D eigenvalue weighted by atomic mass is 35.5. The number of nitriles is 1. The van der Waals surface area contributed by atoms with E-state index in [9.17, 15) is 0 Å². The Morgan fingerprint density at radius 1 is 1.69 bits per heavy atom. The Kier molecular flexibility index (Phi) is 5.44. The second kappa shape index (κ2) is 6.62. The van der Waals surface area contributed by atoms with Crippen molar-refractivity contribution in [3.8, 4) is 6.07 Å². The van der Waals surface area contributed by atoms with E-state index in [4.69, 9.17) is 16.9 Å². The van der Waals surface area contributed by atoms with Gasteiger partial charge >= 0.3 is 0 Å². The van der Waals surface area contributed by atoms with E-state index < -0.39 is 0 Å². The number of aromatic nitrogens is 1. The molecule has 0 aliphatic heterocycles. The van der Waals surface area contributed by atoms with Crippen LogP contribution in [0.4, 0.5) is 5.82 Å². The lowest BCUT2D eigenvalue weighted by atomic mass is 10.3. The maximum atomic E-state index is 8.80. The summed E-state index contributed by atoms with van der Waals surface area (Å²) >= 11 is 7.83. The number of pyridine rings is 1. The number of nitrogens with zero attached hydrogens (tertiary/aromatic N) is 2. The Hall–Kier alpha value is -0.920. The molecule has 1 aromatic heterocycles. The van der Waals surface area contributed by atoms with Crippen molar-refractivity contribution < 1.29 is 0 Å². The molecule has 1 rings (SSSR count). The predicted molar refractivity (Wildman–Crippen MR) is 70.0 cm³/mol. The van der Waals surface area contributed by atoms with E-state index >= 15 is 0 Å². The van der Waals surface area contributed by atoms with E-state index in [0.717, 1.165) is 13.0 Å². The molecule has 0 aliphatic carbocycles. The van der Waals surface area contributed by atoms with Crippen molar-refractivity contribution in [2.45, 2.75) is 18.6 Å². The molecular formula is C11H14ClN3S. The largest absolute Gasteiger partial charge is 0.369 e. The molecule has 0 bridgehead atoms. The summed E-state index contributed by atoms with van der Waals surface area (Å²) in [5.41, 5.74) is 0.456. The van der Waals surface area contributed by atoms with Crippen molar-refractivity contribution in [1.29, 1.82) is 5.26 Å². The lowest BCUT2D eigenvalue weighted by Crippen LogP contribution is -2.09. The summed E-state index contributed by atoms with van der Waals surface area (Å²) in [5, 5.41) is 13.0. The van der Waals surface area contributed by atoms with Crippen molar-refractivity contribution in [3.63, 3.8) is 0 Å². The van der Waals surface area contributed by atoms with E-state index in [0.29, 0.717) is 21.7 Å². The molecule has 0 radical (unpaired) electrons. The molecule has 5 heteroatoms. The minimum absolute atomic E-state index is 0.404. The first-order valence-corrected chi connectivity index (χ1v) is 6.67. The van der Waals surface area contributed by atoms with Crippen molar-refractivity contribution in [3.05, 3.63) is 22.8 Å². The Morgan fingerprint density at radius 2 is 2.44 bits per heavy atom. The Balaban J connectivity index is 2.58. The molecule has 1 N–H and O–H groups in total. The van der Waals surface area contributed by atoms with Gasteiger partial charge in [-0.05, 0) is 18.7 Å². The van der Waals surface area contributed by atoms with Crippen LogP contribution in [-0.4, -0.2) is 23.0 Å². The summed E-state index contributed by atoms with van der Waals surface area (Å²) in [7, 11) is 0. The molecule has 0 amide bonds. The molecule has 86 valence electrons. The molecule has 3 nitrogen and oxygen atoms in total. The third-order valence-corrected chi connectivity index (χ3v) is 3.68. The van der Waals surface area contributed by atoms with Crippen LogP contribution in [0.5, 0.6) is 0 Å². The van der Waals surface area contributed by atoms with Crippen LogP contribution in [0, 0.1) is 11.3 Å². The van der Waals surface area contributed by atoms with Crippen molar-refractivity contribution >= 4 is 29.2 Å². The minimum atomic E-state index is 0.404. The van der Waals surface area contributed by atoms with Crippen molar-refractivity contribution in [2.75, 3.05) is 18.1 Å². The minimum Gasteiger partial charge on any atom is -0.369 e. The first-order valence-electron chi connectivity index (χ1n) is 5.00. The monoisotopic (exact) mass is 255 g/mol. The van der Waals surface area contributed by atoms with Crippen molar-refractivity contribution in [2.24, 2.45) is 0 Å². The molecule has 0 saturated carbocycles. The molecule has 0 saturated heterocycles. The molecule has 0 aliphatic rings. The fourth-order valence-electron chi connectivity index (χ4n) is 1.17. The van der Waals surface area contributed by atoms with E-state index in [1.807, 2.05) is 17.8 Å². The number of hydrogen-bond donors (Lipinski definition) is 1. The van der Waals surface area contributed by atoms with Crippen LogP contribution in [0.1, 0.15) is 18.9 Å². The van der Waals surface area contributed by atoms with E-state index in [1.54, 1.807) is 12.3 Å². The molecule has 1 aromatic rings. The van der Waals surface area contributed by atoms with Crippen LogP contribution in [0.15, 0.2) is 12.3 Å². The first-order chi connectivity index (χ1) is 7.69. The Labute approximate surface area is 105 Å². The molecule has 1 heterocycles. The van der Waals surface area contributed by atoms with Gasteiger partial charge in [0.25, 0.3) is 0 Å². The maximum absolute atomic E-state index is 8.80. The SMILES string of the molecule is CSC(C)CCNc1nccc(C#N)c1Cl. The molecule has 0 fully saturated rings. The second-order valence-electron chi connectivity index (χ2n) is 3.39. The number of anilines is 1. The van der Waals surface area contributed by atoms with Gasteiger partial charge in [-0.25, -0.2) is 4.98 Å². The lowest BCUT2D eigenvalue weighted by Gasteiger charge is -2.10. The predicted octanol–water partition coefficient (Wildman–Crippen LogP) is 3.16. The van der Waals surface area contributed by atoms with Crippen LogP contribution in [0.2, 0.25) is 5.02 Å². The normalized spacial score (nSPS) is 11.9. The fraction of sp³-hybridized carbons (Fsp3) is 0.455. The summed E-state index contributed by atoms with van der Waals surface area (Å²) in [4.78, 5) is 4.11. The molecule has 0 aromatic carbocycles. The number of hydrogen-bond acceptors (Lipinski definition) is 4. The van der Waals surface area contributed by atoms with Gasteiger partial charge in [-0.15, -0.1) is 0 Å². The van der Waals surface area contributed by atoms with Gasteiger partial charge in [-0.3, -0.25) is 0 Å². The quantitative estimate of drug-likeness (QED) is 0.878. The van der Waals surface area contributed by atoms with Crippen LogP contribution >= 0.6 is 23.4 Å². The first kappa shape index (κ1) is 13.1. The molecule has 1 atom stereocenters. The van der Waals surface area contributed by atoms with E-state index in [-0.39, 0.29) is 0 Å². The summed E-state index contributed by atoms with van der Waals surface area (Å²) in [6.07, 6.45) is 4.72. The lowest BCUT2D eigenvalue weighted by molar-refractivity contribution is 0.850. The number of rotatable bonds is 5. The van der Waals surface area contributed by atoms with Crippen LogP contribution in [0.3, 0.4) is 0 Å². The zero-order valence-corrected chi connectivity index (χ0v) is 10.9. The van der Waals surface area contributed by atoms with Gasteiger partial charge in [0.1, 0.15) is 16.9 Å². The highest BCUT2D eigenvalue weighted by Crippen LogP contribution is 2.22. The average molecular weight is 256 g/mol. The van der Waals surface area contributed by atoms with Gasteiger partial charge in [0.15, 0.2) is 0 Å². The number of halogens is 1. The second-order valence-corrected chi connectivity index (χ2v) is 5.05. The van der Waals surface area contributed by atoms with Crippen LogP contribution in [-0.2, 0) is 0 Å². The van der Waals surface area contributed by atoms with Crippen LogP contribution in [0.25, 0.3) is 0 Å². The standard InChI is InChI=1S/C11H14ClN3S/c1-8(16-2)3-5-14-11-10(12)9(7-13)4-6-15-11/h4,6,8H,3,5H2,1-2H3,(H,14,15). The molecule has 16 heavy (non-hydrogen) atoms. The van der Waals surface area contributed by atoms with Crippen LogP contribution < -0.4 is 5.32 Å². The van der Waals surface area contributed by atoms with E-state index in [2.05, 4.69) is 23.5 Å².